The molecular weight excluding hydrogens is 380 g/mol. The zero-order chi connectivity index (χ0) is 20.8. The van der Waals surface area contributed by atoms with Crippen molar-refractivity contribution < 1.29 is 14.0 Å². The van der Waals surface area contributed by atoms with Crippen LogP contribution in [0.2, 0.25) is 0 Å². The first-order valence-electron chi connectivity index (χ1n) is 10.1. The number of benzene rings is 1. The van der Waals surface area contributed by atoms with Gasteiger partial charge in [-0.25, -0.2) is 4.98 Å². The molecule has 3 aliphatic heterocycles. The molecule has 0 atom stereocenters. The number of nitriles is 1. The van der Waals surface area contributed by atoms with Crippen molar-refractivity contribution in [1.29, 1.82) is 5.26 Å². The molecule has 5 rings (SSSR count). The summed E-state index contributed by atoms with van der Waals surface area (Å²) in [7, 11) is 0. The van der Waals surface area contributed by atoms with Crippen LogP contribution in [0.5, 0.6) is 0 Å². The van der Waals surface area contributed by atoms with E-state index in [-0.39, 0.29) is 11.6 Å². The van der Waals surface area contributed by atoms with Crippen LogP contribution in [0.3, 0.4) is 0 Å². The molecule has 0 fully saturated rings. The van der Waals surface area contributed by atoms with Crippen LogP contribution in [0, 0.1) is 11.3 Å². The first kappa shape index (κ1) is 18.4. The Hall–Kier alpha value is -3.66. The van der Waals surface area contributed by atoms with Crippen molar-refractivity contribution in [1.82, 2.24) is 4.98 Å². The Labute approximate surface area is 173 Å². The maximum atomic E-state index is 13.2. The molecule has 0 radical (unpaired) electrons. The van der Waals surface area contributed by atoms with Crippen LogP contribution in [-0.2, 0) is 22.4 Å². The second-order valence-electron chi connectivity index (χ2n) is 7.81. The van der Waals surface area contributed by atoms with Crippen LogP contribution in [-0.4, -0.2) is 29.9 Å². The highest BCUT2D eigenvalue weighted by Crippen LogP contribution is 2.37. The molecular formula is C23H20N4O3. The van der Waals surface area contributed by atoms with Gasteiger partial charge in [0.05, 0.1) is 6.20 Å². The molecule has 0 aliphatic carbocycles. The number of amides is 2. The van der Waals surface area contributed by atoms with Gasteiger partial charge in [0, 0.05) is 24.4 Å². The standard InChI is InChI=1S/C23H20N4O3/c1-14-18(21(28)27(22(29)19(14)13-24)23-25-6-9-30-23)12-15-10-16-4-2-7-26-8-3-5-17(11-15)20(16)26/h6,9-12H,2-5,7-8H2,1H3/b18-12+. The quantitative estimate of drug-likeness (QED) is 0.568. The summed E-state index contributed by atoms with van der Waals surface area (Å²) in [6, 6.07) is 6.06. The number of anilines is 2. The average molecular weight is 400 g/mol. The summed E-state index contributed by atoms with van der Waals surface area (Å²) in [6.45, 7) is 3.83. The minimum Gasteiger partial charge on any atom is -0.431 e. The Bertz CT molecular complexity index is 1140. The van der Waals surface area contributed by atoms with Crippen LogP contribution in [0.25, 0.3) is 6.08 Å². The highest BCUT2D eigenvalue weighted by Gasteiger charge is 2.39. The number of aromatic nitrogens is 1. The summed E-state index contributed by atoms with van der Waals surface area (Å²) < 4.78 is 5.18. The second kappa shape index (κ2) is 6.99. The first-order chi connectivity index (χ1) is 14.6. The smallest absolute Gasteiger partial charge is 0.311 e. The van der Waals surface area contributed by atoms with Crippen molar-refractivity contribution in [3.63, 3.8) is 0 Å². The number of hydrogen-bond donors (Lipinski definition) is 0. The summed E-state index contributed by atoms with van der Waals surface area (Å²) in [6.07, 6.45) is 8.70. The van der Waals surface area contributed by atoms with E-state index in [0.29, 0.717) is 11.1 Å². The van der Waals surface area contributed by atoms with E-state index >= 15 is 0 Å². The lowest BCUT2D eigenvalue weighted by molar-refractivity contribution is -0.123. The van der Waals surface area contributed by atoms with E-state index in [4.69, 9.17) is 4.42 Å². The highest BCUT2D eigenvalue weighted by atomic mass is 16.4. The van der Waals surface area contributed by atoms with E-state index < -0.39 is 11.8 Å². The van der Waals surface area contributed by atoms with E-state index in [0.717, 1.165) is 49.2 Å². The predicted molar refractivity (Wildman–Crippen MR) is 111 cm³/mol. The fourth-order valence-electron chi connectivity index (χ4n) is 4.66. The lowest BCUT2D eigenvalue weighted by atomic mass is 9.88. The van der Waals surface area contributed by atoms with Gasteiger partial charge in [-0.2, -0.15) is 10.2 Å². The lowest BCUT2D eigenvalue weighted by Crippen LogP contribution is -2.43. The molecule has 30 heavy (non-hydrogen) atoms. The molecule has 0 unspecified atom stereocenters. The SMILES string of the molecule is CC1=C(C#N)C(=O)N(c2ncco2)C(=O)/C1=C/c1cc2c3c(c1)CCCN3CCC2. The molecule has 2 amide bonds. The Balaban J connectivity index is 1.64. The molecule has 3 aliphatic rings. The third-order valence-corrected chi connectivity index (χ3v) is 6.02. The zero-order valence-corrected chi connectivity index (χ0v) is 16.6. The number of aryl methyl sites for hydroxylation is 2. The summed E-state index contributed by atoms with van der Waals surface area (Å²) in [5, 5.41) is 9.54. The van der Waals surface area contributed by atoms with E-state index in [2.05, 4.69) is 22.0 Å². The maximum absolute atomic E-state index is 13.2. The summed E-state index contributed by atoms with van der Waals surface area (Å²) in [4.78, 5) is 33.1. The highest BCUT2D eigenvalue weighted by molar-refractivity contribution is 6.31. The summed E-state index contributed by atoms with van der Waals surface area (Å²) in [5.41, 5.74) is 5.47. The minimum atomic E-state index is -0.712. The van der Waals surface area contributed by atoms with Gasteiger partial charge in [-0.15, -0.1) is 0 Å². The van der Waals surface area contributed by atoms with Crippen molar-refractivity contribution in [3.05, 3.63) is 58.0 Å². The first-order valence-corrected chi connectivity index (χ1v) is 10.1. The van der Waals surface area contributed by atoms with Crippen LogP contribution in [0.4, 0.5) is 11.7 Å². The van der Waals surface area contributed by atoms with E-state index in [1.54, 1.807) is 13.0 Å². The third kappa shape index (κ3) is 2.76. The summed E-state index contributed by atoms with van der Waals surface area (Å²) in [5.74, 6) is -1.25. The number of hydrogen-bond acceptors (Lipinski definition) is 6. The number of nitrogens with zero attached hydrogens (tertiary/aromatic N) is 4. The minimum absolute atomic E-state index is 0.0791. The molecule has 0 saturated carbocycles. The topological polar surface area (TPSA) is 90.4 Å². The Morgan fingerprint density at radius 1 is 1.13 bits per heavy atom. The molecule has 0 bridgehead atoms. The van der Waals surface area contributed by atoms with Crippen molar-refractivity contribution >= 4 is 29.6 Å². The van der Waals surface area contributed by atoms with Crippen LogP contribution in [0.15, 0.2) is 45.7 Å². The van der Waals surface area contributed by atoms with Crippen molar-refractivity contribution in [2.45, 2.75) is 32.6 Å². The predicted octanol–water partition coefficient (Wildman–Crippen LogP) is 3.17. The number of carbonyl (C=O) groups excluding carboxylic acids is 2. The van der Waals surface area contributed by atoms with Gasteiger partial charge < -0.3 is 9.32 Å². The van der Waals surface area contributed by atoms with Crippen molar-refractivity contribution in [3.8, 4) is 6.07 Å². The van der Waals surface area contributed by atoms with Gasteiger partial charge in [0.2, 0.25) is 0 Å². The molecule has 0 spiro atoms. The van der Waals surface area contributed by atoms with Gasteiger partial charge in [0.25, 0.3) is 11.8 Å². The molecule has 4 heterocycles. The van der Waals surface area contributed by atoms with Crippen LogP contribution < -0.4 is 9.80 Å². The van der Waals surface area contributed by atoms with Gasteiger partial charge in [-0.1, -0.05) is 0 Å². The molecule has 7 heteroatoms. The lowest BCUT2D eigenvalue weighted by Gasteiger charge is -2.37. The molecule has 7 nitrogen and oxygen atoms in total. The van der Waals surface area contributed by atoms with E-state index in [1.165, 1.54) is 29.3 Å². The van der Waals surface area contributed by atoms with Crippen molar-refractivity contribution in [2.24, 2.45) is 0 Å². The van der Waals surface area contributed by atoms with Crippen molar-refractivity contribution in [2.75, 3.05) is 22.9 Å². The van der Waals surface area contributed by atoms with Gasteiger partial charge in [-0.3, -0.25) is 9.59 Å². The molecule has 0 N–H and O–H groups in total. The zero-order valence-electron chi connectivity index (χ0n) is 16.6. The number of oxazole rings is 1. The number of rotatable bonds is 2. The Morgan fingerprint density at radius 2 is 1.83 bits per heavy atom. The van der Waals surface area contributed by atoms with Crippen LogP contribution in [0.1, 0.15) is 36.5 Å². The molecule has 1 aromatic carbocycles. The van der Waals surface area contributed by atoms with Gasteiger partial charge in [-0.05, 0) is 73.1 Å². The normalized spacial score (nSPS) is 19.9. The van der Waals surface area contributed by atoms with E-state index in [1.807, 2.05) is 6.07 Å². The van der Waals surface area contributed by atoms with Gasteiger partial charge in [0.1, 0.15) is 17.9 Å². The fourth-order valence-corrected chi connectivity index (χ4v) is 4.66. The molecule has 0 saturated heterocycles. The molecule has 1 aromatic heterocycles. The Morgan fingerprint density at radius 3 is 2.43 bits per heavy atom. The molecule has 2 aromatic rings. The third-order valence-electron chi connectivity index (χ3n) is 6.02. The fraction of sp³-hybridized carbons (Fsp3) is 0.304. The van der Waals surface area contributed by atoms with Gasteiger partial charge in [0.15, 0.2) is 0 Å². The molecule has 150 valence electrons. The largest absolute Gasteiger partial charge is 0.431 e. The number of imide groups is 1. The second-order valence-corrected chi connectivity index (χ2v) is 7.81. The monoisotopic (exact) mass is 400 g/mol. The average Bonchev–Trinajstić information content (AvgIpc) is 3.26. The number of carbonyl (C=O) groups is 2. The van der Waals surface area contributed by atoms with Crippen LogP contribution >= 0.6 is 0 Å². The summed E-state index contributed by atoms with van der Waals surface area (Å²) >= 11 is 0. The Kier molecular flexibility index (Phi) is 4.28. The van der Waals surface area contributed by atoms with E-state index in [9.17, 15) is 14.9 Å². The van der Waals surface area contributed by atoms with Gasteiger partial charge >= 0.3 is 6.01 Å². The maximum Gasteiger partial charge on any atom is 0.311 e.